The molecular formula is C70H76B2N4O7Si. The first-order chi connectivity index (χ1) is 40.7. The highest BCUT2D eigenvalue weighted by molar-refractivity contribution is 6.98. The van der Waals surface area contributed by atoms with Crippen LogP contribution in [0.25, 0.3) is 38.2 Å². The van der Waals surface area contributed by atoms with Gasteiger partial charge in [0.2, 0.25) is 5.91 Å². The summed E-state index contributed by atoms with van der Waals surface area (Å²) in [7, 11) is 2.86. The second-order valence-corrected chi connectivity index (χ2v) is 26.8. The van der Waals surface area contributed by atoms with Gasteiger partial charge in [0, 0.05) is 75.0 Å². The molecule has 7 aromatic carbocycles. The molecule has 9 rings (SSSR count). The Morgan fingerprint density at radius 2 is 1.25 bits per heavy atom. The van der Waals surface area contributed by atoms with Crippen LogP contribution >= 0.6 is 0 Å². The Hall–Kier alpha value is -7.84. The molecule has 7 aromatic rings. The molecule has 2 aliphatic rings. The highest BCUT2D eigenvalue weighted by Crippen LogP contribution is 2.46. The number of nitrogens with one attached hydrogen (secondary N) is 1. The second-order valence-electron chi connectivity index (χ2n) is 22.5. The lowest BCUT2D eigenvalue weighted by atomic mass is 9.86. The first-order valence-electron chi connectivity index (χ1n) is 29.1. The van der Waals surface area contributed by atoms with E-state index in [0.717, 1.165) is 106 Å². The van der Waals surface area contributed by atoms with Gasteiger partial charge in [0.25, 0.3) is 0 Å². The van der Waals surface area contributed by atoms with E-state index in [1.807, 2.05) is 55.6 Å². The Morgan fingerprint density at radius 3 is 1.86 bits per heavy atom. The molecule has 1 amide bonds. The van der Waals surface area contributed by atoms with Gasteiger partial charge in [-0.2, -0.15) is 0 Å². The van der Waals surface area contributed by atoms with Gasteiger partial charge in [-0.3, -0.25) is 24.4 Å². The number of ketones is 1. The van der Waals surface area contributed by atoms with Crippen LogP contribution in [0, 0.1) is 0 Å². The molecule has 0 aromatic heterocycles. The van der Waals surface area contributed by atoms with E-state index in [9.17, 15) is 19.6 Å². The maximum Gasteiger partial charge on any atom is 0.569 e. The molecule has 0 fully saturated rings. The molecule has 84 heavy (non-hydrogen) atoms. The number of para-hydroxylation sites is 2. The standard InChI is InChI=1S/C70H76B2N4O7Si/c1-10-48-27-31-57-67(38-48)84(8,9)68-41-53(73-6)30-33-58(68)69(57)60-40-50(29-34-66(60)81-7)49-28-32-56-59(39-49)62(45-75(36-18-17-24-63(77)46(2)3)42-51-20-11-15-25-64(51)82-71-79)55-23-14-13-22-54(55)61(56)44-76(37-19-35-74-70(78)47(4)5)43-52-21-12-16-26-65(52)83-72-80/h11-16,20-23,25-34,38-41,79-80H,2,4,10,17-19,24,35-37,42-45H2,1,3,5-9H3,(H,74,78). The molecule has 14 heteroatoms. The molecule has 2 radical (unpaired) electrons. The van der Waals surface area contributed by atoms with Crippen LogP contribution in [0.4, 0.5) is 0 Å². The largest absolute Gasteiger partial charge is 0.569 e. The normalized spacial score (nSPS) is 13.9. The highest BCUT2D eigenvalue weighted by Gasteiger charge is 2.40. The summed E-state index contributed by atoms with van der Waals surface area (Å²) in [5.41, 5.74) is 14.1. The number of ether oxygens (including phenoxy) is 1. The fourth-order valence-corrected chi connectivity index (χ4v) is 15.1. The smallest absolute Gasteiger partial charge is 0.537 e. The van der Waals surface area contributed by atoms with E-state index in [4.69, 9.17) is 14.0 Å². The molecule has 0 saturated carbocycles. The molecule has 428 valence electrons. The van der Waals surface area contributed by atoms with Crippen molar-refractivity contribution in [3.05, 3.63) is 220 Å². The van der Waals surface area contributed by atoms with Gasteiger partial charge in [0.1, 0.15) is 25.3 Å². The summed E-state index contributed by atoms with van der Waals surface area (Å²) >= 11 is 0. The number of aryl methyl sites for hydroxylation is 1. The van der Waals surface area contributed by atoms with Crippen molar-refractivity contribution in [3.63, 3.8) is 0 Å². The maximum atomic E-state index is 12.8. The van der Waals surface area contributed by atoms with Crippen LogP contribution in [0.5, 0.6) is 17.2 Å². The highest BCUT2D eigenvalue weighted by atomic mass is 28.3. The summed E-state index contributed by atoms with van der Waals surface area (Å²) in [6.07, 6.45) is 10.2. The number of carbonyl (C=O) groups excluding carboxylic acids is 2. The Bertz CT molecular complexity index is 3770. The van der Waals surface area contributed by atoms with E-state index in [0.29, 0.717) is 87.7 Å². The predicted octanol–water partition coefficient (Wildman–Crippen LogP) is 12.3. The van der Waals surface area contributed by atoms with Crippen molar-refractivity contribution in [2.24, 2.45) is 4.99 Å². The Kier molecular flexibility index (Phi) is 20.0. The minimum absolute atomic E-state index is 0.0715. The molecule has 1 aliphatic carbocycles. The molecule has 1 aliphatic heterocycles. The average Bonchev–Trinajstić information content (AvgIpc) is 0.863. The van der Waals surface area contributed by atoms with Gasteiger partial charge >= 0.3 is 15.4 Å². The van der Waals surface area contributed by atoms with Crippen molar-refractivity contribution < 1.29 is 33.7 Å². The van der Waals surface area contributed by atoms with Gasteiger partial charge in [-0.25, -0.2) is 0 Å². The topological polar surface area (TPSA) is 133 Å². The van der Waals surface area contributed by atoms with Crippen LogP contribution in [0.15, 0.2) is 186 Å². The summed E-state index contributed by atoms with van der Waals surface area (Å²) < 4.78 is 17.6. The van der Waals surface area contributed by atoms with Crippen LogP contribution in [0.1, 0.15) is 85.4 Å². The van der Waals surface area contributed by atoms with E-state index >= 15 is 0 Å². The Labute approximate surface area is 498 Å². The summed E-state index contributed by atoms with van der Waals surface area (Å²) in [6, 6.07) is 44.7. The van der Waals surface area contributed by atoms with Gasteiger partial charge < -0.3 is 29.4 Å². The van der Waals surface area contributed by atoms with Crippen molar-refractivity contribution in [1.29, 1.82) is 0 Å². The SMILES string of the molecule is C=C(C)C(=O)CCCCN(Cc1ccccc1O[B]O)Cc1c2ccccc2c(CN(CCCNC(=O)C(=C)C)Cc2ccccc2O[B]O)c2ccc(-c3ccc(OC)c(C4=C5C=CC(=NC)C=C5[Si](C)(C)c5cc(CC)ccc54)c3)cc12. The van der Waals surface area contributed by atoms with E-state index < -0.39 is 8.07 Å². The second kappa shape index (κ2) is 27.7. The monoisotopic (exact) mass is 1130 g/mol. The first-order valence-corrected chi connectivity index (χ1v) is 32.1. The van der Waals surface area contributed by atoms with Crippen LogP contribution in [-0.2, 0) is 42.2 Å². The lowest BCUT2D eigenvalue weighted by Gasteiger charge is -2.38. The lowest BCUT2D eigenvalue weighted by molar-refractivity contribution is -0.117. The summed E-state index contributed by atoms with van der Waals surface area (Å²) in [5.74, 6) is 1.80. The van der Waals surface area contributed by atoms with E-state index in [1.54, 1.807) is 21.0 Å². The minimum atomic E-state index is -2.20. The molecule has 0 saturated heterocycles. The number of nitrogens with zero attached hydrogens (tertiary/aromatic N) is 3. The van der Waals surface area contributed by atoms with Crippen molar-refractivity contribution in [1.82, 2.24) is 15.1 Å². The number of rotatable bonds is 27. The van der Waals surface area contributed by atoms with Crippen molar-refractivity contribution >= 4 is 73.2 Å². The molecule has 1 heterocycles. The number of allylic oxidation sites excluding steroid dienone is 6. The van der Waals surface area contributed by atoms with Gasteiger partial charge in [0.15, 0.2) is 5.78 Å². The molecule has 0 bridgehead atoms. The zero-order valence-corrected chi connectivity index (χ0v) is 50.7. The number of methoxy groups -OCH3 is 1. The molecule has 0 unspecified atom stereocenters. The van der Waals surface area contributed by atoms with Gasteiger partial charge in [0.05, 0.1) is 12.8 Å². The fourth-order valence-electron chi connectivity index (χ4n) is 12.0. The molecule has 0 spiro atoms. The first kappa shape index (κ1) is 60.7. The third-order valence-electron chi connectivity index (χ3n) is 16.5. The van der Waals surface area contributed by atoms with E-state index in [1.165, 1.54) is 27.1 Å². The lowest BCUT2D eigenvalue weighted by Crippen LogP contribution is -2.49. The zero-order chi connectivity index (χ0) is 59.5. The van der Waals surface area contributed by atoms with Gasteiger partial charge in [-0.15, -0.1) is 0 Å². The van der Waals surface area contributed by atoms with Crippen molar-refractivity contribution in [2.45, 2.75) is 92.1 Å². The molecule has 0 atom stereocenters. The minimum Gasteiger partial charge on any atom is -0.537 e. The molecule has 11 nitrogen and oxygen atoms in total. The summed E-state index contributed by atoms with van der Waals surface area (Å²) in [4.78, 5) is 35.0. The van der Waals surface area contributed by atoms with Crippen LogP contribution < -0.4 is 24.5 Å². The number of carbonyl (C=O) groups is 2. The summed E-state index contributed by atoms with van der Waals surface area (Å²) in [5, 5.41) is 29.9. The number of benzene rings is 7. The van der Waals surface area contributed by atoms with Gasteiger partial charge in [-0.05, 0) is 171 Å². The average molecular weight is 1140 g/mol. The number of hydrogen-bond donors (Lipinski definition) is 3. The number of amides is 1. The third kappa shape index (κ3) is 13.5. The number of aliphatic imine (C=N–C) groups is 1. The zero-order valence-electron chi connectivity index (χ0n) is 49.7. The van der Waals surface area contributed by atoms with Crippen molar-refractivity contribution in [2.75, 3.05) is 33.8 Å². The number of Topliss-reactive ketones (excluding diaryl/α,β-unsaturated/α-hetero) is 1. The predicted molar refractivity (Wildman–Crippen MR) is 347 cm³/mol. The maximum absolute atomic E-state index is 12.8. The van der Waals surface area contributed by atoms with E-state index in [2.05, 4.69) is 150 Å². The Morgan fingerprint density at radius 1 is 0.655 bits per heavy atom. The van der Waals surface area contributed by atoms with Crippen LogP contribution in [0.3, 0.4) is 0 Å². The van der Waals surface area contributed by atoms with Gasteiger partial charge in [-0.1, -0.05) is 136 Å². The van der Waals surface area contributed by atoms with E-state index in [-0.39, 0.29) is 11.7 Å². The number of unbranched alkanes of at least 4 members (excludes halogenated alkanes) is 1. The van der Waals surface area contributed by atoms with Crippen LogP contribution in [-0.4, -0.2) is 94.5 Å². The number of fused-ring (bicyclic) bond motifs is 4. The van der Waals surface area contributed by atoms with Crippen LogP contribution in [0.2, 0.25) is 13.1 Å². The molecular weight excluding hydrogens is 1060 g/mol. The fraction of sp³-hybridized carbons (Fsp3) is 0.271. The quantitative estimate of drug-likeness (QED) is 0.0199. The van der Waals surface area contributed by atoms with Crippen molar-refractivity contribution in [3.8, 4) is 28.4 Å². The Balaban J connectivity index is 1.24. The number of hydrogen-bond acceptors (Lipinski definition) is 10. The third-order valence-corrected chi connectivity index (χ3v) is 20.0. The summed E-state index contributed by atoms with van der Waals surface area (Å²) in [6.45, 7) is 22.2. The molecule has 3 N–H and O–H groups in total.